The van der Waals surface area contributed by atoms with E-state index in [0.29, 0.717) is 34.9 Å². The zero-order valence-electron chi connectivity index (χ0n) is 31.6. The molecule has 0 unspecified atom stereocenters. The predicted molar refractivity (Wildman–Crippen MR) is 231 cm³/mol. The molecule has 58 heavy (non-hydrogen) atoms. The number of hydrogen-bond acceptors (Lipinski definition) is 7. The Morgan fingerprint density at radius 2 is 0.897 bits per heavy atom. The Morgan fingerprint density at radius 1 is 0.362 bits per heavy atom. The fourth-order valence-corrected chi connectivity index (χ4v) is 8.04. The highest BCUT2D eigenvalue weighted by molar-refractivity contribution is 6.11. The molecular weight excluding hydrogens is 715 g/mol. The van der Waals surface area contributed by atoms with Crippen LogP contribution in [0.15, 0.2) is 168 Å². The van der Waals surface area contributed by atoms with Crippen molar-refractivity contribution in [2.75, 3.05) is 0 Å². The molecule has 0 amide bonds. The van der Waals surface area contributed by atoms with E-state index < -0.39 is 0 Å². The van der Waals surface area contributed by atoms with Gasteiger partial charge in [-0.2, -0.15) is 0 Å². The van der Waals surface area contributed by atoms with Gasteiger partial charge in [0.05, 0.1) is 16.7 Å². The molecular formula is C50H33N7O. The van der Waals surface area contributed by atoms with Crippen molar-refractivity contribution in [2.24, 2.45) is 0 Å². The van der Waals surface area contributed by atoms with Gasteiger partial charge in [-0.25, -0.2) is 29.9 Å². The number of para-hydroxylation sites is 2. The second-order valence-corrected chi connectivity index (χ2v) is 14.4. The van der Waals surface area contributed by atoms with Gasteiger partial charge in [-0.05, 0) is 79.6 Å². The average Bonchev–Trinajstić information content (AvgIpc) is 3.81. The molecule has 8 heteroatoms. The molecule has 11 rings (SSSR count). The summed E-state index contributed by atoms with van der Waals surface area (Å²) in [4.78, 5) is 29.3. The minimum absolute atomic E-state index is 0.568. The van der Waals surface area contributed by atoms with Gasteiger partial charge in [-0.3, -0.25) is 0 Å². The maximum absolute atomic E-state index is 6.20. The average molecular weight is 748 g/mol. The zero-order valence-corrected chi connectivity index (χ0v) is 31.6. The summed E-state index contributed by atoms with van der Waals surface area (Å²) in [5.74, 6) is 3.80. The van der Waals surface area contributed by atoms with Gasteiger partial charge in [-0.1, -0.05) is 109 Å². The fraction of sp³-hybridized carbons (Fsp3) is 0.0400. The van der Waals surface area contributed by atoms with E-state index in [4.69, 9.17) is 19.4 Å². The molecule has 0 aliphatic rings. The van der Waals surface area contributed by atoms with Crippen LogP contribution in [0.2, 0.25) is 0 Å². The van der Waals surface area contributed by atoms with Crippen LogP contribution in [-0.4, -0.2) is 34.5 Å². The van der Waals surface area contributed by atoms with Crippen LogP contribution in [0.25, 0.3) is 106 Å². The van der Waals surface area contributed by atoms with Crippen molar-refractivity contribution in [3.05, 3.63) is 175 Å². The molecule has 0 bridgehead atoms. The molecule has 0 N–H and O–H groups in total. The molecule has 0 saturated heterocycles. The summed E-state index contributed by atoms with van der Waals surface area (Å²) in [6, 6.07) is 56.3. The van der Waals surface area contributed by atoms with Crippen LogP contribution in [0, 0.1) is 13.8 Å². The standard InChI is InChI=1S/C50H33N7O/c1-30-51-31(2)53-49(52-30)36-22-25-43-39(29-36)37-17-9-11-19-42(37)57(43)44-24-21-34(35-23-26-46-40(27-35)38-18-10-12-20-45(38)58-46)28-41(44)50-55-47(32-13-5-3-6-14-32)54-48(56-50)33-15-7-4-8-16-33/h3-29H,1-2H3. The summed E-state index contributed by atoms with van der Waals surface area (Å²) in [6.45, 7) is 3.80. The Labute approximate surface area is 333 Å². The van der Waals surface area contributed by atoms with Crippen molar-refractivity contribution < 1.29 is 4.42 Å². The first-order valence-corrected chi connectivity index (χ1v) is 19.2. The van der Waals surface area contributed by atoms with E-state index in [-0.39, 0.29) is 0 Å². The quantitative estimate of drug-likeness (QED) is 0.167. The molecule has 8 nitrogen and oxygen atoms in total. The minimum atomic E-state index is 0.568. The minimum Gasteiger partial charge on any atom is -0.456 e. The highest BCUT2D eigenvalue weighted by Crippen LogP contribution is 2.40. The predicted octanol–water partition coefficient (Wildman–Crippen LogP) is 12.0. The van der Waals surface area contributed by atoms with Gasteiger partial charge in [0.1, 0.15) is 22.8 Å². The zero-order chi connectivity index (χ0) is 38.7. The third kappa shape index (κ3) is 5.69. The lowest BCUT2D eigenvalue weighted by molar-refractivity contribution is 0.669. The second kappa shape index (κ2) is 13.4. The smallest absolute Gasteiger partial charge is 0.166 e. The number of hydrogen-bond donors (Lipinski definition) is 0. The monoisotopic (exact) mass is 747 g/mol. The lowest BCUT2D eigenvalue weighted by atomic mass is 9.99. The van der Waals surface area contributed by atoms with Gasteiger partial charge in [0, 0.05) is 43.8 Å². The van der Waals surface area contributed by atoms with Crippen LogP contribution in [-0.2, 0) is 0 Å². The normalized spacial score (nSPS) is 11.6. The molecule has 0 fully saturated rings. The van der Waals surface area contributed by atoms with Crippen LogP contribution >= 0.6 is 0 Å². The summed E-state index contributed by atoms with van der Waals surface area (Å²) in [5.41, 5.74) is 10.4. The summed E-state index contributed by atoms with van der Waals surface area (Å²) in [6.07, 6.45) is 0. The fourth-order valence-electron chi connectivity index (χ4n) is 8.04. The number of furan rings is 1. The summed E-state index contributed by atoms with van der Waals surface area (Å²) < 4.78 is 8.52. The van der Waals surface area contributed by atoms with Gasteiger partial charge >= 0.3 is 0 Å². The van der Waals surface area contributed by atoms with E-state index in [1.54, 1.807) is 0 Å². The molecule has 4 heterocycles. The number of nitrogens with zero attached hydrogens (tertiary/aromatic N) is 7. The second-order valence-electron chi connectivity index (χ2n) is 14.4. The molecule has 0 aliphatic carbocycles. The van der Waals surface area contributed by atoms with E-state index in [1.165, 1.54) is 0 Å². The molecule has 0 aliphatic heterocycles. The topological polar surface area (TPSA) is 95.4 Å². The van der Waals surface area contributed by atoms with E-state index in [2.05, 4.69) is 104 Å². The van der Waals surface area contributed by atoms with E-state index in [0.717, 1.165) is 82.8 Å². The molecule has 4 aromatic heterocycles. The van der Waals surface area contributed by atoms with E-state index in [9.17, 15) is 0 Å². The van der Waals surface area contributed by atoms with Crippen LogP contribution < -0.4 is 0 Å². The Hall–Kier alpha value is -7.84. The summed E-state index contributed by atoms with van der Waals surface area (Å²) in [7, 11) is 0. The molecule has 11 aromatic rings. The van der Waals surface area contributed by atoms with Crippen molar-refractivity contribution in [3.8, 4) is 62.4 Å². The molecule has 0 saturated carbocycles. The first-order chi connectivity index (χ1) is 28.5. The van der Waals surface area contributed by atoms with Crippen molar-refractivity contribution in [1.29, 1.82) is 0 Å². The largest absolute Gasteiger partial charge is 0.456 e. The maximum atomic E-state index is 6.20. The number of aromatic nitrogens is 7. The molecule has 0 radical (unpaired) electrons. The van der Waals surface area contributed by atoms with Crippen molar-refractivity contribution in [2.45, 2.75) is 13.8 Å². The Morgan fingerprint density at radius 3 is 1.64 bits per heavy atom. The number of rotatable bonds is 6. The van der Waals surface area contributed by atoms with Gasteiger partial charge in [0.25, 0.3) is 0 Å². The first kappa shape index (κ1) is 33.5. The first-order valence-electron chi connectivity index (χ1n) is 19.2. The Balaban J connectivity index is 1.19. The Bertz CT molecular complexity index is 3290. The van der Waals surface area contributed by atoms with Crippen molar-refractivity contribution >= 4 is 43.7 Å². The third-order valence-corrected chi connectivity index (χ3v) is 10.7. The SMILES string of the molecule is Cc1nc(C)nc(-c2ccc3c(c2)c2ccccc2n3-c2ccc(-c3ccc4oc5ccccc5c4c3)cc2-c2nc(-c3ccccc3)nc(-c3ccccc3)n2)n1. The van der Waals surface area contributed by atoms with Gasteiger partial charge in [0.15, 0.2) is 23.3 Å². The van der Waals surface area contributed by atoms with Crippen molar-refractivity contribution in [1.82, 2.24) is 34.5 Å². The highest BCUT2D eigenvalue weighted by Gasteiger charge is 2.21. The lowest BCUT2D eigenvalue weighted by Crippen LogP contribution is -2.04. The van der Waals surface area contributed by atoms with Gasteiger partial charge in [0.2, 0.25) is 0 Å². The Kier molecular flexibility index (Phi) is 7.75. The highest BCUT2D eigenvalue weighted by atomic mass is 16.3. The number of benzene rings is 7. The van der Waals surface area contributed by atoms with E-state index >= 15 is 0 Å². The van der Waals surface area contributed by atoms with Gasteiger partial charge in [-0.15, -0.1) is 0 Å². The number of aryl methyl sites for hydroxylation is 2. The van der Waals surface area contributed by atoms with E-state index in [1.807, 2.05) is 92.7 Å². The molecule has 274 valence electrons. The molecule has 7 aromatic carbocycles. The number of fused-ring (bicyclic) bond motifs is 6. The maximum Gasteiger partial charge on any atom is 0.166 e. The summed E-state index contributed by atoms with van der Waals surface area (Å²) >= 11 is 0. The van der Waals surface area contributed by atoms with Crippen molar-refractivity contribution in [3.63, 3.8) is 0 Å². The third-order valence-electron chi connectivity index (χ3n) is 10.7. The van der Waals surface area contributed by atoms with Crippen LogP contribution in [0.1, 0.15) is 11.6 Å². The van der Waals surface area contributed by atoms with Gasteiger partial charge < -0.3 is 8.98 Å². The van der Waals surface area contributed by atoms with Crippen LogP contribution in [0.4, 0.5) is 0 Å². The molecule has 0 atom stereocenters. The molecule has 0 spiro atoms. The summed E-state index contributed by atoms with van der Waals surface area (Å²) in [5, 5.41) is 4.35. The lowest BCUT2D eigenvalue weighted by Gasteiger charge is -2.16. The van der Waals surface area contributed by atoms with Crippen LogP contribution in [0.5, 0.6) is 0 Å². The van der Waals surface area contributed by atoms with Crippen LogP contribution in [0.3, 0.4) is 0 Å².